The van der Waals surface area contributed by atoms with Crippen LogP contribution in [0.2, 0.25) is 0 Å². The number of amides is 1. The molecule has 0 bridgehead atoms. The normalized spacial score (nSPS) is 11.6. The summed E-state index contributed by atoms with van der Waals surface area (Å²) in [6.07, 6.45) is 2.12. The third-order valence-corrected chi connectivity index (χ3v) is 5.34. The van der Waals surface area contributed by atoms with Gasteiger partial charge in [-0.3, -0.25) is 0 Å². The van der Waals surface area contributed by atoms with Gasteiger partial charge in [0.2, 0.25) is 0 Å². The van der Waals surface area contributed by atoms with Gasteiger partial charge >= 0.3 is 12.0 Å². The van der Waals surface area contributed by atoms with Crippen LogP contribution in [0, 0.1) is 17.7 Å². The smallest absolute Gasteiger partial charge is 0.407 e. The van der Waals surface area contributed by atoms with E-state index in [4.69, 9.17) is 9.47 Å². The zero-order chi connectivity index (χ0) is 28.0. The zero-order valence-electron chi connectivity index (χ0n) is 21.7. The molecular formula is C29H27F3N4O3. The van der Waals surface area contributed by atoms with Crippen LogP contribution in [0.15, 0.2) is 67.1 Å². The summed E-state index contributed by atoms with van der Waals surface area (Å²) in [5.74, 6) is 0.521. The Morgan fingerprint density at radius 2 is 1.87 bits per heavy atom. The maximum Gasteiger partial charge on any atom is 0.407 e. The number of rotatable bonds is 7. The molecule has 0 fully saturated rings. The first-order chi connectivity index (χ1) is 18.5. The number of alkyl halides is 2. The van der Waals surface area contributed by atoms with Gasteiger partial charge in [-0.15, -0.1) is 0 Å². The number of nitrogens with one attached hydrogen (secondary N) is 1. The summed E-state index contributed by atoms with van der Waals surface area (Å²) in [6.45, 7) is 4.35. The highest BCUT2D eigenvalue weighted by Crippen LogP contribution is 2.25. The summed E-state index contributed by atoms with van der Waals surface area (Å²) in [5, 5.41) is 6.62. The first-order valence-electron chi connectivity index (χ1n) is 12.1. The molecular weight excluding hydrogens is 509 g/mol. The second-order valence-corrected chi connectivity index (χ2v) is 9.76. The first kappa shape index (κ1) is 27.7. The summed E-state index contributed by atoms with van der Waals surface area (Å²) in [7, 11) is 0. The van der Waals surface area contributed by atoms with E-state index in [1.807, 2.05) is 12.0 Å². The monoisotopic (exact) mass is 536 g/mol. The fourth-order valence-corrected chi connectivity index (χ4v) is 3.61. The summed E-state index contributed by atoms with van der Waals surface area (Å²) in [6, 6.07) is 15.0. The number of ether oxygens (including phenoxy) is 2. The molecule has 2 aromatic carbocycles. The summed E-state index contributed by atoms with van der Waals surface area (Å²) >= 11 is 0. The molecule has 0 saturated heterocycles. The number of fused-ring (bicyclic) bond motifs is 1. The van der Waals surface area contributed by atoms with Gasteiger partial charge in [0.1, 0.15) is 24.4 Å². The van der Waals surface area contributed by atoms with Crippen LogP contribution >= 0.6 is 0 Å². The van der Waals surface area contributed by atoms with Crippen molar-refractivity contribution in [3.63, 3.8) is 0 Å². The average Bonchev–Trinajstić information content (AvgIpc) is 3.30. The van der Waals surface area contributed by atoms with E-state index < -0.39 is 30.0 Å². The van der Waals surface area contributed by atoms with Gasteiger partial charge in [-0.25, -0.2) is 18.7 Å². The fraction of sp³-hybridized carbons (Fsp3) is 0.276. The van der Waals surface area contributed by atoms with Gasteiger partial charge in [-0.1, -0.05) is 48.4 Å². The third kappa shape index (κ3) is 7.82. The van der Waals surface area contributed by atoms with Crippen molar-refractivity contribution < 1.29 is 27.4 Å². The quantitative estimate of drug-likeness (QED) is 0.304. The van der Waals surface area contributed by atoms with Crippen molar-refractivity contribution in [3.05, 3.63) is 89.6 Å². The molecule has 0 atom stereocenters. The Morgan fingerprint density at radius 1 is 1.10 bits per heavy atom. The Morgan fingerprint density at radius 3 is 2.59 bits per heavy atom. The number of hydrogen-bond donors (Lipinski definition) is 1. The van der Waals surface area contributed by atoms with Crippen molar-refractivity contribution in [1.82, 2.24) is 19.9 Å². The van der Waals surface area contributed by atoms with E-state index in [9.17, 15) is 18.0 Å². The number of nitrogens with zero attached hydrogens (tertiary/aromatic N) is 3. The molecule has 10 heteroatoms. The van der Waals surface area contributed by atoms with Crippen LogP contribution in [-0.2, 0) is 22.6 Å². The van der Waals surface area contributed by atoms with Gasteiger partial charge in [0.05, 0.1) is 17.8 Å². The lowest BCUT2D eigenvalue weighted by atomic mass is 10.1. The summed E-state index contributed by atoms with van der Waals surface area (Å²) in [4.78, 5) is 16.1. The highest BCUT2D eigenvalue weighted by atomic mass is 19.3. The molecule has 7 nitrogen and oxygen atoms in total. The van der Waals surface area contributed by atoms with Crippen molar-refractivity contribution in [2.75, 3.05) is 6.61 Å². The van der Waals surface area contributed by atoms with Crippen LogP contribution in [0.25, 0.3) is 16.8 Å². The number of benzene rings is 2. The largest absolute Gasteiger partial charge is 0.444 e. The number of carbonyl (C=O) groups excluding carboxylic acids is 1. The summed E-state index contributed by atoms with van der Waals surface area (Å²) < 4.78 is 55.1. The van der Waals surface area contributed by atoms with Gasteiger partial charge in [0, 0.05) is 29.4 Å². The van der Waals surface area contributed by atoms with Gasteiger partial charge in [-0.2, -0.15) is 13.9 Å². The number of alkyl carbamates (subject to hydrolysis) is 1. The number of hydrogen-bond acceptors (Lipinski definition) is 5. The van der Waals surface area contributed by atoms with E-state index in [2.05, 4.69) is 21.3 Å². The minimum Gasteiger partial charge on any atom is -0.444 e. The van der Waals surface area contributed by atoms with E-state index in [0.29, 0.717) is 16.8 Å². The number of aromatic nitrogens is 3. The van der Waals surface area contributed by atoms with Gasteiger partial charge in [-0.05, 0) is 44.4 Å². The molecule has 1 amide bonds. The first-order valence-corrected chi connectivity index (χ1v) is 12.1. The van der Waals surface area contributed by atoms with Crippen LogP contribution in [-0.4, -0.2) is 38.8 Å². The average molecular weight is 537 g/mol. The van der Waals surface area contributed by atoms with Crippen molar-refractivity contribution in [1.29, 1.82) is 0 Å². The second-order valence-electron chi connectivity index (χ2n) is 9.76. The minimum absolute atomic E-state index is 0.0551. The molecule has 0 saturated carbocycles. The van der Waals surface area contributed by atoms with Crippen molar-refractivity contribution in [2.45, 2.75) is 45.4 Å². The molecule has 0 radical (unpaired) electrons. The lowest BCUT2D eigenvalue weighted by Crippen LogP contribution is -2.32. The topological polar surface area (TPSA) is 77.8 Å². The molecule has 4 aromatic rings. The Bertz CT molecular complexity index is 1520. The van der Waals surface area contributed by atoms with Gasteiger partial charge in [0.25, 0.3) is 0 Å². The maximum absolute atomic E-state index is 14.8. The van der Waals surface area contributed by atoms with Crippen molar-refractivity contribution >= 4 is 11.6 Å². The van der Waals surface area contributed by atoms with Crippen molar-refractivity contribution in [3.8, 4) is 23.1 Å². The molecule has 0 aliphatic rings. The van der Waals surface area contributed by atoms with E-state index >= 15 is 0 Å². The number of carbonyl (C=O) groups is 1. The van der Waals surface area contributed by atoms with Crippen molar-refractivity contribution in [2.24, 2.45) is 0 Å². The Kier molecular flexibility index (Phi) is 8.21. The molecule has 0 spiro atoms. The highest BCUT2D eigenvalue weighted by molar-refractivity contribution is 5.78. The van der Waals surface area contributed by atoms with E-state index in [0.717, 1.165) is 5.56 Å². The second kappa shape index (κ2) is 11.6. The summed E-state index contributed by atoms with van der Waals surface area (Å²) in [5.41, 5.74) is 1.96. The predicted octanol–water partition coefficient (Wildman–Crippen LogP) is 5.76. The highest BCUT2D eigenvalue weighted by Gasteiger charge is 2.26. The van der Waals surface area contributed by atoms with Crippen LogP contribution in [0.4, 0.5) is 18.0 Å². The molecule has 0 aliphatic carbocycles. The van der Waals surface area contributed by atoms with Crippen LogP contribution in [0.5, 0.6) is 0 Å². The molecule has 0 aliphatic heterocycles. The molecule has 2 aromatic heterocycles. The molecule has 202 valence electrons. The standard InChI is InChI=1S/C29H27F3N4O3/c1-28(2,3)39-27(37)33-15-23-10-9-22(14-24(23)30)26-25-13-21(16-36(25)35-19-34-26)11-12-29(31,32)18-38-17-20-7-5-4-6-8-20/h4-10,13-14,16,19H,15,17-18H2,1-3H3,(H,33,37). The van der Waals surface area contributed by atoms with Crippen LogP contribution in [0.3, 0.4) is 0 Å². The minimum atomic E-state index is -3.36. The Labute approximate surface area is 224 Å². The SMILES string of the molecule is CC(C)(C)OC(=O)NCc1ccc(-c2ncnn3cc(C#CC(F)(F)COCc4ccccc4)cc23)cc1F. The molecule has 0 unspecified atom stereocenters. The van der Waals surface area contributed by atoms with Gasteiger partial charge in [0.15, 0.2) is 0 Å². The molecule has 4 rings (SSSR count). The predicted molar refractivity (Wildman–Crippen MR) is 139 cm³/mol. The van der Waals surface area contributed by atoms with E-state index in [1.54, 1.807) is 57.2 Å². The number of halogens is 3. The maximum atomic E-state index is 14.8. The lowest BCUT2D eigenvalue weighted by molar-refractivity contribution is -0.0386. The molecule has 1 N–H and O–H groups in total. The van der Waals surface area contributed by atoms with Crippen LogP contribution in [0.1, 0.15) is 37.5 Å². The molecule has 39 heavy (non-hydrogen) atoms. The lowest BCUT2D eigenvalue weighted by Gasteiger charge is -2.19. The Hall–Kier alpha value is -4.36. The Balaban J connectivity index is 1.46. The van der Waals surface area contributed by atoms with Gasteiger partial charge < -0.3 is 14.8 Å². The van der Waals surface area contributed by atoms with E-state index in [1.165, 1.54) is 29.2 Å². The fourth-order valence-electron chi connectivity index (χ4n) is 3.61. The third-order valence-electron chi connectivity index (χ3n) is 5.34. The molecule has 2 heterocycles. The van der Waals surface area contributed by atoms with Crippen LogP contribution < -0.4 is 5.32 Å². The van der Waals surface area contributed by atoms with E-state index in [-0.39, 0.29) is 24.3 Å². The zero-order valence-corrected chi connectivity index (χ0v) is 21.7.